The van der Waals surface area contributed by atoms with Gasteiger partial charge in [-0.15, -0.1) is 0 Å². The molecule has 0 saturated carbocycles. The van der Waals surface area contributed by atoms with Gasteiger partial charge in [-0.2, -0.15) is 0 Å². The Balaban J connectivity index is 2.73. The van der Waals surface area contributed by atoms with Gasteiger partial charge in [0.15, 0.2) is 0 Å². The lowest BCUT2D eigenvalue weighted by Crippen LogP contribution is -2.25. The zero-order chi connectivity index (χ0) is 12.3. The molecule has 1 unspecified atom stereocenters. The third kappa shape index (κ3) is 4.49. The first-order chi connectivity index (χ1) is 7.28. The standard InChI is InChI=1S/C10H13BrFNO2S/c1-7(6-16(2,14)15)13-10-4-3-8(12)5-9(10)11/h3-5,7,13H,6H2,1-2H3. The molecule has 1 aromatic rings. The molecule has 0 aliphatic rings. The molecule has 1 N–H and O–H groups in total. The van der Waals surface area contributed by atoms with E-state index in [1.54, 1.807) is 13.0 Å². The van der Waals surface area contributed by atoms with Gasteiger partial charge in [-0.25, -0.2) is 12.8 Å². The Morgan fingerprint density at radius 3 is 2.62 bits per heavy atom. The molecule has 1 atom stereocenters. The zero-order valence-electron chi connectivity index (χ0n) is 9.00. The van der Waals surface area contributed by atoms with Crippen molar-refractivity contribution in [1.82, 2.24) is 0 Å². The van der Waals surface area contributed by atoms with Gasteiger partial charge in [-0.3, -0.25) is 0 Å². The highest BCUT2D eigenvalue weighted by Crippen LogP contribution is 2.23. The van der Waals surface area contributed by atoms with Crippen LogP contribution in [0.1, 0.15) is 6.92 Å². The molecule has 0 spiro atoms. The number of nitrogens with one attached hydrogen (secondary N) is 1. The molecule has 3 nitrogen and oxygen atoms in total. The highest BCUT2D eigenvalue weighted by atomic mass is 79.9. The fourth-order valence-corrected chi connectivity index (χ4v) is 2.82. The van der Waals surface area contributed by atoms with Crippen molar-refractivity contribution in [2.45, 2.75) is 13.0 Å². The summed E-state index contributed by atoms with van der Waals surface area (Å²) in [5.74, 6) is -0.301. The van der Waals surface area contributed by atoms with E-state index >= 15 is 0 Å². The Morgan fingerprint density at radius 1 is 1.50 bits per heavy atom. The van der Waals surface area contributed by atoms with Crippen LogP contribution in [0.3, 0.4) is 0 Å². The second-order valence-electron chi connectivity index (χ2n) is 3.76. The fraction of sp³-hybridized carbons (Fsp3) is 0.400. The average Bonchev–Trinajstić information content (AvgIpc) is 2.06. The van der Waals surface area contributed by atoms with Gasteiger partial charge in [-0.05, 0) is 41.1 Å². The molecule has 6 heteroatoms. The van der Waals surface area contributed by atoms with E-state index in [0.717, 1.165) is 0 Å². The minimum atomic E-state index is -3.02. The Kier molecular flexibility index (Phi) is 4.32. The van der Waals surface area contributed by atoms with Crippen LogP contribution in [0.4, 0.5) is 10.1 Å². The highest BCUT2D eigenvalue weighted by molar-refractivity contribution is 9.10. The van der Waals surface area contributed by atoms with E-state index in [-0.39, 0.29) is 17.6 Å². The number of hydrogen-bond donors (Lipinski definition) is 1. The Hall–Kier alpha value is -0.620. The van der Waals surface area contributed by atoms with Crippen LogP contribution in [0.2, 0.25) is 0 Å². The maximum absolute atomic E-state index is 12.8. The molecule has 0 amide bonds. The van der Waals surface area contributed by atoms with Crippen LogP contribution in [0, 0.1) is 5.82 Å². The Morgan fingerprint density at radius 2 is 2.12 bits per heavy atom. The zero-order valence-corrected chi connectivity index (χ0v) is 11.4. The van der Waals surface area contributed by atoms with Crippen molar-refractivity contribution >= 4 is 31.5 Å². The van der Waals surface area contributed by atoms with Crippen LogP contribution < -0.4 is 5.32 Å². The molecule has 0 aliphatic carbocycles. The van der Waals surface area contributed by atoms with Crippen LogP contribution in [-0.4, -0.2) is 26.5 Å². The molecule has 0 aromatic heterocycles. The Labute approximate surface area is 103 Å². The van der Waals surface area contributed by atoms with Crippen LogP contribution >= 0.6 is 15.9 Å². The molecule has 0 radical (unpaired) electrons. The van der Waals surface area contributed by atoms with Crippen molar-refractivity contribution in [3.63, 3.8) is 0 Å². The minimum absolute atomic E-state index is 0.0385. The summed E-state index contributed by atoms with van der Waals surface area (Å²) in [6.45, 7) is 1.76. The molecule has 0 heterocycles. The summed E-state index contributed by atoms with van der Waals surface area (Å²) in [6.07, 6.45) is 1.19. The van der Waals surface area contributed by atoms with E-state index in [1.807, 2.05) is 0 Å². The molecular formula is C10H13BrFNO2S. The summed E-state index contributed by atoms with van der Waals surface area (Å²) in [7, 11) is -3.02. The van der Waals surface area contributed by atoms with Gasteiger partial charge in [0.1, 0.15) is 15.7 Å². The summed E-state index contributed by atoms with van der Waals surface area (Å²) in [5, 5.41) is 3.00. The molecule has 16 heavy (non-hydrogen) atoms. The van der Waals surface area contributed by atoms with E-state index in [1.165, 1.54) is 18.4 Å². The summed E-state index contributed by atoms with van der Waals surface area (Å²) in [4.78, 5) is 0. The van der Waals surface area contributed by atoms with Crippen molar-refractivity contribution in [2.75, 3.05) is 17.3 Å². The maximum atomic E-state index is 12.8. The number of halogens is 2. The van der Waals surface area contributed by atoms with Gasteiger partial charge in [0, 0.05) is 22.5 Å². The van der Waals surface area contributed by atoms with Crippen molar-refractivity contribution in [3.8, 4) is 0 Å². The summed E-state index contributed by atoms with van der Waals surface area (Å²) >= 11 is 3.20. The number of rotatable bonds is 4. The molecule has 90 valence electrons. The van der Waals surface area contributed by atoms with Crippen LogP contribution in [0.5, 0.6) is 0 Å². The maximum Gasteiger partial charge on any atom is 0.149 e. The number of hydrogen-bond acceptors (Lipinski definition) is 3. The second-order valence-corrected chi connectivity index (χ2v) is 6.80. The summed E-state index contributed by atoms with van der Waals surface area (Å²) in [6, 6.07) is 3.99. The first kappa shape index (κ1) is 13.4. The normalized spacial score (nSPS) is 13.5. The van der Waals surface area contributed by atoms with Crippen LogP contribution in [-0.2, 0) is 9.84 Å². The fourth-order valence-electron chi connectivity index (χ4n) is 1.37. The minimum Gasteiger partial charge on any atom is -0.381 e. The smallest absolute Gasteiger partial charge is 0.149 e. The second kappa shape index (κ2) is 5.14. The van der Waals surface area contributed by atoms with Gasteiger partial charge in [-0.1, -0.05) is 0 Å². The van der Waals surface area contributed by atoms with Crippen molar-refractivity contribution in [3.05, 3.63) is 28.5 Å². The summed E-state index contributed by atoms with van der Waals surface area (Å²) in [5.41, 5.74) is 0.678. The van der Waals surface area contributed by atoms with E-state index < -0.39 is 9.84 Å². The van der Waals surface area contributed by atoms with Gasteiger partial charge >= 0.3 is 0 Å². The quantitative estimate of drug-likeness (QED) is 0.929. The average molecular weight is 310 g/mol. The lowest BCUT2D eigenvalue weighted by atomic mass is 10.3. The van der Waals surface area contributed by atoms with Gasteiger partial charge < -0.3 is 5.32 Å². The van der Waals surface area contributed by atoms with E-state index in [2.05, 4.69) is 21.2 Å². The lowest BCUT2D eigenvalue weighted by molar-refractivity contribution is 0.597. The highest BCUT2D eigenvalue weighted by Gasteiger charge is 2.11. The van der Waals surface area contributed by atoms with Crippen molar-refractivity contribution in [1.29, 1.82) is 0 Å². The van der Waals surface area contributed by atoms with Crippen molar-refractivity contribution in [2.24, 2.45) is 0 Å². The van der Waals surface area contributed by atoms with Crippen molar-refractivity contribution < 1.29 is 12.8 Å². The van der Waals surface area contributed by atoms with E-state index in [4.69, 9.17) is 0 Å². The van der Waals surface area contributed by atoms with E-state index in [0.29, 0.717) is 10.2 Å². The monoisotopic (exact) mass is 309 g/mol. The third-order valence-electron chi connectivity index (χ3n) is 1.89. The first-order valence-electron chi connectivity index (χ1n) is 4.67. The summed E-state index contributed by atoms with van der Waals surface area (Å²) < 4.78 is 35.5. The topological polar surface area (TPSA) is 46.2 Å². The molecular weight excluding hydrogens is 297 g/mol. The lowest BCUT2D eigenvalue weighted by Gasteiger charge is -2.15. The van der Waals surface area contributed by atoms with Gasteiger partial charge in [0.05, 0.1) is 5.75 Å². The predicted molar refractivity (Wildman–Crippen MR) is 66.9 cm³/mol. The molecule has 1 rings (SSSR count). The van der Waals surface area contributed by atoms with E-state index in [9.17, 15) is 12.8 Å². The molecule has 0 fully saturated rings. The molecule has 0 aliphatic heterocycles. The number of anilines is 1. The Bertz CT molecular complexity index is 476. The first-order valence-corrected chi connectivity index (χ1v) is 7.52. The largest absolute Gasteiger partial charge is 0.381 e. The SMILES string of the molecule is CC(CS(C)(=O)=O)Nc1ccc(F)cc1Br. The number of sulfone groups is 1. The van der Waals surface area contributed by atoms with Gasteiger partial charge in [0.25, 0.3) is 0 Å². The van der Waals surface area contributed by atoms with Crippen LogP contribution in [0.25, 0.3) is 0 Å². The molecule has 0 saturated heterocycles. The van der Waals surface area contributed by atoms with Crippen LogP contribution in [0.15, 0.2) is 22.7 Å². The molecule has 1 aromatic carbocycles. The van der Waals surface area contributed by atoms with Gasteiger partial charge in [0.2, 0.25) is 0 Å². The predicted octanol–water partition coefficient (Wildman–Crippen LogP) is 2.43. The number of benzene rings is 1. The third-order valence-corrected chi connectivity index (χ3v) is 3.65. The molecule has 0 bridgehead atoms.